The summed E-state index contributed by atoms with van der Waals surface area (Å²) in [5.74, 6) is 0. The molecule has 0 fully saturated rings. The number of aliphatic hydroxyl groups is 2. The zero-order valence-corrected chi connectivity index (χ0v) is 23.1. The van der Waals surface area contributed by atoms with E-state index in [-0.39, 0.29) is 78.6 Å². The van der Waals surface area contributed by atoms with Gasteiger partial charge in [-0.25, -0.2) is 0 Å². The van der Waals surface area contributed by atoms with E-state index in [1.54, 1.807) is 0 Å². The van der Waals surface area contributed by atoms with E-state index in [0.717, 1.165) is 28.4 Å². The van der Waals surface area contributed by atoms with Gasteiger partial charge < -0.3 is 10.2 Å². The van der Waals surface area contributed by atoms with Gasteiger partial charge in [-0.1, -0.05) is 0 Å². The molecule has 0 amide bonds. The van der Waals surface area contributed by atoms with Crippen LogP contribution >= 0.6 is 24.5 Å². The Morgan fingerprint density at radius 2 is 0.542 bits per heavy atom. The Bertz CT molecular complexity index is 159. The second kappa shape index (κ2) is 31.1. The molecule has 0 bridgehead atoms. The summed E-state index contributed by atoms with van der Waals surface area (Å²) in [5, 5.41) is 14.0. The maximum absolute atomic E-state index is 8.35. The topological polar surface area (TPSA) is 261 Å². The molecule has 0 spiro atoms. The minimum absolute atomic E-state index is 0. The van der Waals surface area contributed by atoms with Crippen molar-refractivity contribution >= 4 is 24.5 Å². The third-order valence-corrected chi connectivity index (χ3v) is 1.43. The average molecular weight is 663 g/mol. The van der Waals surface area contributed by atoms with Gasteiger partial charge in [0, 0.05) is 92.8 Å². The van der Waals surface area contributed by atoms with Crippen molar-refractivity contribution in [3.63, 3.8) is 0 Å². The quantitative estimate of drug-likeness (QED) is 0.128. The summed E-state index contributed by atoms with van der Waals surface area (Å²) in [6, 6.07) is 0. The van der Waals surface area contributed by atoms with Crippen LogP contribution < -0.4 is 0 Å². The molecule has 0 aliphatic rings. The summed E-state index contributed by atoms with van der Waals surface area (Å²) in [7, 11) is -7.85. The van der Waals surface area contributed by atoms with Crippen LogP contribution in [0.1, 0.15) is 0 Å². The SMILES string of the molecule is CO.CO.CO[P+](O)(O)OC.O[P+](O)(O)O.O[P+](O)(O)O.[Zr].[Zr].[Zr]. The van der Waals surface area contributed by atoms with E-state index in [2.05, 4.69) is 9.05 Å². The van der Waals surface area contributed by atoms with Crippen molar-refractivity contribution in [2.45, 2.75) is 0 Å². The third-order valence-electron chi connectivity index (χ3n) is 0.476. The zero-order chi connectivity index (χ0) is 18.9. The van der Waals surface area contributed by atoms with E-state index in [4.69, 9.17) is 59.1 Å². The predicted octanol–water partition coefficient (Wildman–Crippen LogP) is -3.58. The molecule has 0 rings (SSSR count). The number of rotatable bonds is 2. The Labute approximate surface area is 198 Å². The molecule has 20 heteroatoms. The zero-order valence-electron chi connectivity index (χ0n) is 13.0. The predicted molar refractivity (Wildman–Crippen MR) is 73.3 cm³/mol. The van der Waals surface area contributed by atoms with E-state index in [1.165, 1.54) is 0 Å². The van der Waals surface area contributed by atoms with Crippen LogP contribution in [-0.4, -0.2) is 87.6 Å². The first-order valence-electron chi connectivity index (χ1n) is 4.08. The summed E-state index contributed by atoms with van der Waals surface area (Å²) in [6.45, 7) is 0. The molecule has 0 atom stereocenters. The Hall–Kier alpha value is 3.38. The summed E-state index contributed by atoms with van der Waals surface area (Å²) >= 11 is 0. The summed E-state index contributed by atoms with van der Waals surface area (Å²) in [6.07, 6.45) is 0. The van der Waals surface area contributed by atoms with Crippen LogP contribution in [-0.2, 0) is 87.7 Å². The number of hydrogen-bond acceptors (Lipinski definition) is 14. The van der Waals surface area contributed by atoms with E-state index in [1.807, 2.05) is 0 Å². The molecule has 0 heterocycles. The van der Waals surface area contributed by atoms with Crippen LogP contribution in [0, 0.1) is 0 Å². The maximum Gasteiger partial charge on any atom is 0.569 e. The molecule has 0 unspecified atom stereocenters. The second-order valence-electron chi connectivity index (χ2n) is 1.93. The normalized spacial score (nSPS) is 9.00. The molecule has 0 aromatic carbocycles. The van der Waals surface area contributed by atoms with Gasteiger partial charge in [0.1, 0.15) is 0 Å². The smallest absolute Gasteiger partial charge is 0.400 e. The molecule has 0 aliphatic heterocycles. The van der Waals surface area contributed by atoms with Crippen LogP contribution in [0.4, 0.5) is 0 Å². The molecule has 0 aromatic heterocycles. The van der Waals surface area contributed by atoms with Crippen LogP contribution in [0.3, 0.4) is 0 Å². The van der Waals surface area contributed by atoms with Crippen LogP contribution in [0.25, 0.3) is 0 Å². The molecule has 12 N–H and O–H groups in total. The third kappa shape index (κ3) is 171. The first-order valence-corrected chi connectivity index (χ1v) is 8.81. The van der Waals surface area contributed by atoms with E-state index in [9.17, 15) is 0 Å². The van der Waals surface area contributed by atoms with Crippen molar-refractivity contribution in [2.75, 3.05) is 28.4 Å². The Morgan fingerprint density at radius 3 is 0.542 bits per heavy atom. The van der Waals surface area contributed by atoms with Gasteiger partial charge in [0.15, 0.2) is 0 Å². The molecule has 14 nitrogen and oxygen atoms in total. The van der Waals surface area contributed by atoms with Gasteiger partial charge in [0.25, 0.3) is 0 Å². The maximum atomic E-state index is 8.35. The van der Waals surface area contributed by atoms with E-state index in [0.29, 0.717) is 0 Å². The van der Waals surface area contributed by atoms with Crippen LogP contribution in [0.5, 0.6) is 0 Å². The summed E-state index contributed by atoms with van der Waals surface area (Å²) < 4.78 is 8.17. The van der Waals surface area contributed by atoms with Crippen molar-refractivity contribution in [3.05, 3.63) is 0 Å². The van der Waals surface area contributed by atoms with Crippen molar-refractivity contribution in [2.24, 2.45) is 0 Å². The van der Waals surface area contributed by atoms with Crippen LogP contribution in [0.2, 0.25) is 0 Å². The molecule has 0 radical (unpaired) electrons. The first-order chi connectivity index (χ1) is 9.12. The molecule has 0 aliphatic carbocycles. The van der Waals surface area contributed by atoms with Gasteiger partial charge in [0.05, 0.1) is 14.2 Å². The standard InChI is InChI=1S/C2H8O4P.2CH4O.2H4O4P.3Zr/c1-5-7(3,4)6-2;2*1-2;2*1-5(2,3)4;;;/h3-4H,1-2H3;2*2H,1H3;2*1-4H;;;/q+1;;;2*+1;;;. The molecule has 148 valence electrons. The summed E-state index contributed by atoms with van der Waals surface area (Å²) in [4.78, 5) is 75.1. The fraction of sp³-hybridized carbons (Fsp3) is 1.00. The second-order valence-corrected chi connectivity index (χ2v) is 5.79. The van der Waals surface area contributed by atoms with Gasteiger partial charge >= 0.3 is 24.5 Å². The molecule has 0 saturated carbocycles. The fourth-order valence-corrected chi connectivity index (χ4v) is 0.224. The number of aliphatic hydroxyl groups excluding tert-OH is 2. The molecule has 24 heavy (non-hydrogen) atoms. The Balaban J connectivity index is -0.0000000231. The van der Waals surface area contributed by atoms with E-state index < -0.39 is 24.5 Å². The van der Waals surface area contributed by atoms with Crippen molar-refractivity contribution in [1.29, 1.82) is 0 Å². The van der Waals surface area contributed by atoms with Crippen molar-refractivity contribution < 1.29 is 147 Å². The summed E-state index contributed by atoms with van der Waals surface area (Å²) in [5.41, 5.74) is 0. The fourth-order valence-electron chi connectivity index (χ4n) is 0.0745. The van der Waals surface area contributed by atoms with Crippen molar-refractivity contribution in [3.8, 4) is 0 Å². The van der Waals surface area contributed by atoms with Crippen molar-refractivity contribution in [1.82, 2.24) is 0 Å². The molecular weight excluding hydrogens is 639 g/mol. The van der Waals surface area contributed by atoms with Gasteiger partial charge in [-0.15, -0.1) is 0 Å². The Morgan fingerprint density at radius 1 is 0.458 bits per heavy atom. The largest absolute Gasteiger partial charge is 0.569 e. The Kier molecular flexibility index (Phi) is 65.7. The van der Waals surface area contributed by atoms with Crippen LogP contribution in [0.15, 0.2) is 0 Å². The van der Waals surface area contributed by atoms with Gasteiger partial charge in [-0.05, 0) is 0 Å². The molecule has 0 saturated heterocycles. The minimum Gasteiger partial charge on any atom is -0.400 e. The average Bonchev–Trinajstić information content (AvgIpc) is 2.30. The first kappa shape index (κ1) is 50.7. The van der Waals surface area contributed by atoms with Gasteiger partial charge in [-0.3, -0.25) is 0 Å². The molecular formula is C4H24O14P3Zr3+3. The van der Waals surface area contributed by atoms with E-state index >= 15 is 0 Å². The number of hydrogen-bond donors (Lipinski definition) is 12. The minimum atomic E-state index is -4.39. The van der Waals surface area contributed by atoms with Gasteiger partial charge in [-0.2, -0.15) is 58.0 Å². The monoisotopic (exact) mass is 659 g/mol. The molecule has 0 aromatic rings. The van der Waals surface area contributed by atoms with Gasteiger partial charge in [0.2, 0.25) is 0 Å².